The summed E-state index contributed by atoms with van der Waals surface area (Å²) < 4.78 is 34.9. The summed E-state index contributed by atoms with van der Waals surface area (Å²) in [6, 6.07) is 13.3. The average Bonchev–Trinajstić information content (AvgIpc) is 3.20. The van der Waals surface area contributed by atoms with E-state index in [1.807, 2.05) is 12.3 Å². The van der Waals surface area contributed by atoms with Gasteiger partial charge in [-0.15, -0.1) is 0 Å². The van der Waals surface area contributed by atoms with Crippen LogP contribution in [0.4, 0.5) is 5.69 Å². The lowest BCUT2D eigenvalue weighted by Gasteiger charge is -2.21. The molecule has 0 atom stereocenters. The summed E-state index contributed by atoms with van der Waals surface area (Å²) in [4.78, 5) is 13.0. The largest absolute Gasteiger partial charge is 0.495 e. The molecule has 0 spiro atoms. The van der Waals surface area contributed by atoms with Gasteiger partial charge in [-0.1, -0.05) is 12.8 Å². The molecule has 1 aliphatic heterocycles. The molecule has 0 unspecified atom stereocenters. The lowest BCUT2D eigenvalue weighted by atomic mass is 10.2. The lowest BCUT2D eigenvalue weighted by Crippen LogP contribution is -2.32. The van der Waals surface area contributed by atoms with Crippen molar-refractivity contribution in [2.45, 2.75) is 30.6 Å². The number of hydrogen-bond acceptors (Lipinski definition) is 5. The zero-order chi connectivity index (χ0) is 22.6. The molecule has 1 amide bonds. The number of carbonyl (C=O) groups is 1. The summed E-state index contributed by atoms with van der Waals surface area (Å²) in [6.45, 7) is 1.03. The molecular weight excluding hydrogens is 428 g/mol. The summed E-state index contributed by atoms with van der Waals surface area (Å²) >= 11 is 0. The van der Waals surface area contributed by atoms with Crippen molar-refractivity contribution in [3.8, 4) is 11.4 Å². The molecule has 1 fully saturated rings. The van der Waals surface area contributed by atoms with Gasteiger partial charge < -0.3 is 10.1 Å². The summed E-state index contributed by atoms with van der Waals surface area (Å²) in [5, 5.41) is 6.96. The van der Waals surface area contributed by atoms with Crippen molar-refractivity contribution in [2.24, 2.45) is 0 Å². The molecule has 1 saturated heterocycles. The Hall–Kier alpha value is -3.17. The van der Waals surface area contributed by atoms with E-state index in [-0.39, 0.29) is 10.8 Å². The van der Waals surface area contributed by atoms with Gasteiger partial charge in [0.2, 0.25) is 10.0 Å². The van der Waals surface area contributed by atoms with E-state index in [4.69, 9.17) is 4.74 Å². The molecule has 0 aliphatic carbocycles. The normalized spacial score (nSPS) is 15.2. The van der Waals surface area contributed by atoms with E-state index in [9.17, 15) is 13.2 Å². The van der Waals surface area contributed by atoms with Crippen molar-refractivity contribution < 1.29 is 17.9 Å². The van der Waals surface area contributed by atoms with E-state index in [0.717, 1.165) is 31.4 Å². The molecule has 8 nitrogen and oxygen atoms in total. The Balaban J connectivity index is 1.57. The van der Waals surface area contributed by atoms with E-state index in [1.54, 1.807) is 41.2 Å². The third-order valence-electron chi connectivity index (χ3n) is 5.52. The molecule has 1 aromatic heterocycles. The third-order valence-corrected chi connectivity index (χ3v) is 7.42. The number of benzene rings is 2. The highest BCUT2D eigenvalue weighted by molar-refractivity contribution is 7.89. The van der Waals surface area contributed by atoms with Gasteiger partial charge in [-0.3, -0.25) is 4.79 Å². The van der Waals surface area contributed by atoms with Crippen LogP contribution in [0.3, 0.4) is 0 Å². The molecule has 32 heavy (non-hydrogen) atoms. The molecule has 1 N–H and O–H groups in total. The van der Waals surface area contributed by atoms with Crippen molar-refractivity contribution >= 4 is 21.6 Å². The van der Waals surface area contributed by atoms with Crippen LogP contribution in [0.1, 0.15) is 36.0 Å². The highest BCUT2D eigenvalue weighted by atomic mass is 32.2. The Morgan fingerprint density at radius 1 is 1.03 bits per heavy atom. The van der Waals surface area contributed by atoms with Gasteiger partial charge in [0.25, 0.3) is 5.91 Å². The third kappa shape index (κ3) is 4.68. The van der Waals surface area contributed by atoms with Crippen molar-refractivity contribution in [2.75, 3.05) is 25.5 Å². The fourth-order valence-corrected chi connectivity index (χ4v) is 5.30. The smallest absolute Gasteiger partial charge is 0.255 e. The molecule has 3 aromatic rings. The molecule has 0 radical (unpaired) electrons. The van der Waals surface area contributed by atoms with E-state index in [1.165, 1.54) is 23.5 Å². The predicted molar refractivity (Wildman–Crippen MR) is 122 cm³/mol. The minimum absolute atomic E-state index is 0.143. The van der Waals surface area contributed by atoms with Crippen molar-refractivity contribution in [3.63, 3.8) is 0 Å². The van der Waals surface area contributed by atoms with Crippen LogP contribution >= 0.6 is 0 Å². The molecule has 2 aromatic carbocycles. The fraction of sp³-hybridized carbons (Fsp3) is 0.304. The van der Waals surface area contributed by atoms with Crippen LogP contribution in [-0.4, -0.2) is 48.6 Å². The minimum Gasteiger partial charge on any atom is -0.495 e. The zero-order valence-electron chi connectivity index (χ0n) is 17.9. The quantitative estimate of drug-likeness (QED) is 0.613. The van der Waals surface area contributed by atoms with Crippen LogP contribution < -0.4 is 10.1 Å². The second kappa shape index (κ2) is 9.54. The van der Waals surface area contributed by atoms with Gasteiger partial charge in [0.1, 0.15) is 5.75 Å². The second-order valence-corrected chi connectivity index (χ2v) is 9.57. The molecule has 0 bridgehead atoms. The summed E-state index contributed by atoms with van der Waals surface area (Å²) in [5.74, 6) is 0.0287. The number of ether oxygens (including phenoxy) is 1. The highest BCUT2D eigenvalue weighted by Crippen LogP contribution is 2.30. The number of amides is 1. The van der Waals surface area contributed by atoms with Gasteiger partial charge in [0.15, 0.2) is 0 Å². The highest BCUT2D eigenvalue weighted by Gasteiger charge is 2.26. The number of carbonyl (C=O) groups excluding carboxylic acids is 1. The molecule has 4 rings (SSSR count). The van der Waals surface area contributed by atoms with E-state index < -0.39 is 10.0 Å². The Bertz CT molecular complexity index is 1170. The van der Waals surface area contributed by atoms with Crippen LogP contribution in [-0.2, 0) is 10.0 Å². The van der Waals surface area contributed by atoms with Crippen LogP contribution in [0, 0.1) is 0 Å². The standard InChI is InChI=1S/C23H26N4O4S/c1-31-22-12-11-20(32(29,30)26-14-4-2-3-5-15-26)17-21(22)25-23(28)18-7-9-19(10-8-18)27-16-6-13-24-27/h6-13,16-17H,2-5,14-15H2,1H3,(H,25,28). The average molecular weight is 455 g/mol. The number of sulfonamides is 1. The molecule has 2 heterocycles. The maximum atomic E-state index is 13.2. The monoisotopic (exact) mass is 454 g/mol. The molecule has 168 valence electrons. The number of anilines is 1. The topological polar surface area (TPSA) is 93.5 Å². The van der Waals surface area contributed by atoms with Gasteiger partial charge in [0.05, 0.1) is 23.4 Å². The SMILES string of the molecule is COc1ccc(S(=O)(=O)N2CCCCCC2)cc1NC(=O)c1ccc(-n2cccn2)cc1. The van der Waals surface area contributed by atoms with E-state index >= 15 is 0 Å². The number of nitrogens with one attached hydrogen (secondary N) is 1. The number of rotatable bonds is 6. The number of aromatic nitrogens is 2. The lowest BCUT2D eigenvalue weighted by molar-refractivity contribution is 0.102. The number of nitrogens with zero attached hydrogens (tertiary/aromatic N) is 3. The fourth-order valence-electron chi connectivity index (χ4n) is 3.76. The van der Waals surface area contributed by atoms with Crippen LogP contribution in [0.5, 0.6) is 5.75 Å². The Labute approximate surface area is 187 Å². The van der Waals surface area contributed by atoms with Gasteiger partial charge in [-0.05, 0) is 61.4 Å². The number of methoxy groups -OCH3 is 1. The Kier molecular flexibility index (Phi) is 6.57. The number of hydrogen-bond donors (Lipinski definition) is 1. The molecule has 1 aliphatic rings. The molecular formula is C23H26N4O4S. The Morgan fingerprint density at radius 3 is 2.38 bits per heavy atom. The summed E-state index contributed by atoms with van der Waals surface area (Å²) in [5.41, 5.74) is 1.57. The van der Waals surface area contributed by atoms with Crippen molar-refractivity contribution in [1.29, 1.82) is 0 Å². The maximum absolute atomic E-state index is 13.2. The minimum atomic E-state index is -3.65. The van der Waals surface area contributed by atoms with Crippen molar-refractivity contribution in [3.05, 3.63) is 66.5 Å². The summed E-state index contributed by atoms with van der Waals surface area (Å²) in [7, 11) is -2.17. The van der Waals surface area contributed by atoms with E-state index in [2.05, 4.69) is 10.4 Å². The molecule has 0 saturated carbocycles. The summed E-state index contributed by atoms with van der Waals surface area (Å²) in [6.07, 6.45) is 7.28. The van der Waals surface area contributed by atoms with Gasteiger partial charge >= 0.3 is 0 Å². The van der Waals surface area contributed by atoms with Crippen molar-refractivity contribution in [1.82, 2.24) is 14.1 Å². The van der Waals surface area contributed by atoms with Crippen LogP contribution in [0.15, 0.2) is 65.8 Å². The second-order valence-electron chi connectivity index (χ2n) is 7.63. The first-order valence-electron chi connectivity index (χ1n) is 10.6. The Morgan fingerprint density at radius 2 is 1.75 bits per heavy atom. The van der Waals surface area contributed by atoms with Crippen LogP contribution in [0.25, 0.3) is 5.69 Å². The van der Waals surface area contributed by atoms with Gasteiger partial charge in [-0.2, -0.15) is 9.40 Å². The molecule has 9 heteroatoms. The van der Waals surface area contributed by atoms with Crippen LogP contribution in [0.2, 0.25) is 0 Å². The first-order chi connectivity index (χ1) is 15.5. The predicted octanol–water partition coefficient (Wildman–Crippen LogP) is 3.70. The first kappa shape index (κ1) is 22.0. The van der Waals surface area contributed by atoms with Gasteiger partial charge in [0, 0.05) is 31.0 Å². The maximum Gasteiger partial charge on any atom is 0.255 e. The van der Waals surface area contributed by atoms with E-state index in [0.29, 0.717) is 30.1 Å². The zero-order valence-corrected chi connectivity index (χ0v) is 18.7. The first-order valence-corrected chi connectivity index (χ1v) is 12.0. The van der Waals surface area contributed by atoms with Gasteiger partial charge in [-0.25, -0.2) is 13.1 Å².